The second kappa shape index (κ2) is 8.47. The number of phenolic OH excluding ortho intramolecular Hbond substituents is 1. The summed E-state index contributed by atoms with van der Waals surface area (Å²) in [4.78, 5) is 17.0. The average molecular weight is 370 g/mol. The van der Waals surface area contributed by atoms with Gasteiger partial charge in [0.15, 0.2) is 6.23 Å². The van der Waals surface area contributed by atoms with Gasteiger partial charge in [-0.25, -0.2) is 0 Å². The molecule has 132 valence electrons. The molecule has 3 rings (SSSR count). The van der Waals surface area contributed by atoms with Crippen LogP contribution in [0.4, 0.5) is 0 Å². The molecule has 0 spiro atoms. The van der Waals surface area contributed by atoms with Crippen molar-refractivity contribution in [3.63, 3.8) is 0 Å². The second-order valence-electron chi connectivity index (χ2n) is 6.26. The van der Waals surface area contributed by atoms with Crippen molar-refractivity contribution in [2.45, 2.75) is 56.0 Å². The maximum atomic E-state index is 11.5. The van der Waals surface area contributed by atoms with Crippen LogP contribution in [0.15, 0.2) is 24.3 Å². The lowest BCUT2D eigenvalue weighted by Crippen LogP contribution is -2.32. The molecule has 2 saturated heterocycles. The zero-order valence-corrected chi connectivity index (χ0v) is 15.1. The summed E-state index contributed by atoms with van der Waals surface area (Å²) in [5, 5.41) is 21.2. The van der Waals surface area contributed by atoms with Crippen LogP contribution in [0.25, 0.3) is 0 Å². The Labute approximate surface area is 150 Å². The average Bonchev–Trinajstić information content (AvgIpc) is 3.12. The monoisotopic (exact) mass is 369 g/mol. The number of aliphatic carboxylic acids is 1. The number of aromatic hydroxyl groups is 1. The van der Waals surface area contributed by atoms with Crippen LogP contribution >= 0.6 is 21.6 Å². The standard InChI is InChI=1S/C17H23NO4S2/c19-13-7-5-12(6-8-13)11-15(17(20)21)18-16(22-18)4-2-1-3-14-9-10-23-24-14/h5-8,14-16,19H,1-4,9-11H2,(H,20,21)/t14-,15?,16?,18?/m1/s1. The van der Waals surface area contributed by atoms with Crippen LogP contribution in [0.2, 0.25) is 0 Å². The molecule has 7 heteroatoms. The molecule has 0 radical (unpaired) electrons. The third-order valence-electron chi connectivity index (χ3n) is 4.39. The molecule has 4 atom stereocenters. The first-order valence-electron chi connectivity index (χ1n) is 8.37. The second-order valence-corrected chi connectivity index (χ2v) is 9.05. The minimum absolute atomic E-state index is 0.0613. The topological polar surface area (TPSA) is 73.1 Å². The van der Waals surface area contributed by atoms with Crippen LogP contribution < -0.4 is 0 Å². The van der Waals surface area contributed by atoms with E-state index in [2.05, 4.69) is 0 Å². The van der Waals surface area contributed by atoms with E-state index in [-0.39, 0.29) is 12.0 Å². The Morgan fingerprint density at radius 2 is 2.04 bits per heavy atom. The van der Waals surface area contributed by atoms with E-state index in [0.29, 0.717) is 6.42 Å². The molecular formula is C17H23NO4S2. The van der Waals surface area contributed by atoms with Crippen molar-refractivity contribution in [2.24, 2.45) is 0 Å². The minimum Gasteiger partial charge on any atom is -0.508 e. The van der Waals surface area contributed by atoms with Gasteiger partial charge in [-0.3, -0.25) is 9.63 Å². The molecule has 24 heavy (non-hydrogen) atoms. The molecule has 1 aromatic carbocycles. The molecule has 0 aliphatic carbocycles. The summed E-state index contributed by atoms with van der Waals surface area (Å²) in [6, 6.07) is 5.99. The van der Waals surface area contributed by atoms with Gasteiger partial charge in [0.25, 0.3) is 0 Å². The first-order valence-corrected chi connectivity index (χ1v) is 10.8. The highest BCUT2D eigenvalue weighted by molar-refractivity contribution is 8.77. The Bertz CT molecular complexity index is 548. The van der Waals surface area contributed by atoms with E-state index in [4.69, 9.17) is 4.84 Å². The van der Waals surface area contributed by atoms with Crippen molar-refractivity contribution in [3.8, 4) is 5.75 Å². The number of unbranched alkanes of at least 4 members (excludes halogenated alkanes) is 1. The van der Waals surface area contributed by atoms with Crippen LogP contribution in [0.5, 0.6) is 5.75 Å². The highest BCUT2D eigenvalue weighted by Crippen LogP contribution is 2.40. The van der Waals surface area contributed by atoms with Gasteiger partial charge in [-0.2, -0.15) is 0 Å². The summed E-state index contributed by atoms with van der Waals surface area (Å²) in [6.07, 6.45) is 6.03. The van der Waals surface area contributed by atoms with Gasteiger partial charge in [0.05, 0.1) is 0 Å². The number of benzene rings is 1. The fraction of sp³-hybridized carbons (Fsp3) is 0.588. The summed E-state index contributed by atoms with van der Waals surface area (Å²) in [5.74, 6) is 0.585. The molecule has 5 nitrogen and oxygen atoms in total. The van der Waals surface area contributed by atoms with Crippen LogP contribution in [-0.4, -0.2) is 44.5 Å². The maximum absolute atomic E-state index is 11.5. The van der Waals surface area contributed by atoms with Crippen molar-refractivity contribution >= 4 is 27.6 Å². The Balaban J connectivity index is 1.40. The number of hydrogen-bond acceptors (Lipinski definition) is 6. The van der Waals surface area contributed by atoms with Gasteiger partial charge in [0.2, 0.25) is 0 Å². The molecule has 3 unspecified atom stereocenters. The number of rotatable bonds is 9. The molecule has 2 aliphatic rings. The Morgan fingerprint density at radius 1 is 1.29 bits per heavy atom. The van der Waals surface area contributed by atoms with E-state index >= 15 is 0 Å². The van der Waals surface area contributed by atoms with Crippen molar-refractivity contribution in [1.82, 2.24) is 5.06 Å². The SMILES string of the molecule is O=C(O)C(Cc1ccc(O)cc1)N1OC1CCCC[C@@H]1CCSS1. The molecule has 2 fully saturated rings. The molecule has 2 heterocycles. The zero-order valence-electron chi connectivity index (χ0n) is 13.5. The van der Waals surface area contributed by atoms with Crippen molar-refractivity contribution < 1.29 is 19.8 Å². The van der Waals surface area contributed by atoms with E-state index in [0.717, 1.165) is 23.7 Å². The summed E-state index contributed by atoms with van der Waals surface area (Å²) >= 11 is 0. The number of hydrogen-bond donors (Lipinski definition) is 2. The van der Waals surface area contributed by atoms with Crippen LogP contribution in [0, 0.1) is 0 Å². The highest BCUT2D eigenvalue weighted by Gasteiger charge is 2.45. The van der Waals surface area contributed by atoms with Crippen molar-refractivity contribution in [3.05, 3.63) is 29.8 Å². The molecular weight excluding hydrogens is 346 g/mol. The normalized spacial score (nSPS) is 27.1. The van der Waals surface area contributed by atoms with Gasteiger partial charge in [-0.15, -0.1) is 5.06 Å². The Kier molecular flexibility index (Phi) is 6.32. The Hall–Kier alpha value is -0.890. The van der Waals surface area contributed by atoms with Crippen LogP contribution in [0.1, 0.15) is 37.7 Å². The third kappa shape index (κ3) is 5.05. The minimum atomic E-state index is -0.870. The fourth-order valence-corrected chi connectivity index (χ4v) is 5.99. The number of carboxylic acids is 1. The van der Waals surface area contributed by atoms with Crippen molar-refractivity contribution in [2.75, 3.05) is 5.75 Å². The maximum Gasteiger partial charge on any atom is 0.323 e. The molecule has 2 aliphatic heterocycles. The lowest BCUT2D eigenvalue weighted by atomic mass is 10.1. The lowest BCUT2D eigenvalue weighted by molar-refractivity contribution is -0.143. The number of carboxylic acid groups (broad SMARTS) is 1. The largest absolute Gasteiger partial charge is 0.508 e. The molecule has 1 aromatic rings. The van der Waals surface area contributed by atoms with E-state index in [9.17, 15) is 15.0 Å². The summed E-state index contributed by atoms with van der Waals surface area (Å²) < 4.78 is 0. The van der Waals surface area contributed by atoms with Gasteiger partial charge in [-0.05, 0) is 43.4 Å². The number of carbonyl (C=O) groups is 1. The molecule has 0 amide bonds. The van der Waals surface area contributed by atoms with Gasteiger partial charge in [0, 0.05) is 17.4 Å². The lowest BCUT2D eigenvalue weighted by Gasteiger charge is -2.11. The fourth-order valence-electron chi connectivity index (χ4n) is 2.96. The predicted molar refractivity (Wildman–Crippen MR) is 96.9 cm³/mol. The molecule has 0 aromatic heterocycles. The van der Waals surface area contributed by atoms with Crippen LogP contribution in [0.3, 0.4) is 0 Å². The smallest absolute Gasteiger partial charge is 0.323 e. The highest BCUT2D eigenvalue weighted by atomic mass is 33.1. The van der Waals surface area contributed by atoms with E-state index in [1.807, 2.05) is 21.6 Å². The Morgan fingerprint density at radius 3 is 2.71 bits per heavy atom. The van der Waals surface area contributed by atoms with Gasteiger partial charge in [-0.1, -0.05) is 40.1 Å². The molecule has 2 N–H and O–H groups in total. The number of hydroxylamine groups is 2. The van der Waals surface area contributed by atoms with Gasteiger partial charge < -0.3 is 10.2 Å². The first-order chi connectivity index (χ1) is 11.6. The molecule has 0 saturated carbocycles. The van der Waals surface area contributed by atoms with E-state index < -0.39 is 12.0 Å². The first kappa shape index (κ1) is 17.9. The van der Waals surface area contributed by atoms with E-state index in [1.165, 1.54) is 25.0 Å². The third-order valence-corrected chi connectivity index (χ3v) is 7.40. The quantitative estimate of drug-likeness (QED) is 0.391. The predicted octanol–water partition coefficient (Wildman–Crippen LogP) is 3.68. The van der Waals surface area contributed by atoms with E-state index in [1.54, 1.807) is 29.3 Å². The summed E-state index contributed by atoms with van der Waals surface area (Å²) in [7, 11) is 3.98. The summed E-state index contributed by atoms with van der Waals surface area (Å²) in [6.45, 7) is 0. The van der Waals surface area contributed by atoms with Crippen LogP contribution in [-0.2, 0) is 16.1 Å². The van der Waals surface area contributed by atoms with Crippen molar-refractivity contribution in [1.29, 1.82) is 0 Å². The number of nitrogens with zero attached hydrogens (tertiary/aromatic N) is 1. The zero-order chi connectivity index (χ0) is 16.9. The summed E-state index contributed by atoms with van der Waals surface area (Å²) in [5.41, 5.74) is 0.880. The number of phenols is 1. The molecule has 0 bridgehead atoms. The van der Waals surface area contributed by atoms with Gasteiger partial charge in [0.1, 0.15) is 11.8 Å². The van der Waals surface area contributed by atoms with Gasteiger partial charge >= 0.3 is 5.97 Å².